The summed E-state index contributed by atoms with van der Waals surface area (Å²) in [6.07, 6.45) is 0.366. The maximum Gasteiger partial charge on any atom is 0.242 e. The number of nitrogens with zero attached hydrogens (tertiary/aromatic N) is 2. The first-order valence-corrected chi connectivity index (χ1v) is 10.9. The van der Waals surface area contributed by atoms with Crippen LogP contribution in [-0.2, 0) is 9.59 Å². The van der Waals surface area contributed by atoms with E-state index in [9.17, 15) is 18.4 Å². The van der Waals surface area contributed by atoms with E-state index in [1.807, 2.05) is 20.8 Å². The number of benzene rings is 2. The lowest BCUT2D eigenvalue weighted by Crippen LogP contribution is -2.52. The Kier molecular flexibility index (Phi) is 7.61. The van der Waals surface area contributed by atoms with Crippen LogP contribution in [0.15, 0.2) is 48.5 Å². The number of nitrogens with one attached hydrogen (secondary N) is 1. The van der Waals surface area contributed by atoms with Crippen molar-refractivity contribution in [2.24, 2.45) is 5.41 Å². The largest absolute Gasteiger partial charge is 0.347 e. The molecule has 0 saturated carbocycles. The van der Waals surface area contributed by atoms with Gasteiger partial charge in [-0.15, -0.1) is 0 Å². The lowest BCUT2D eigenvalue weighted by molar-refractivity contribution is -0.134. The minimum absolute atomic E-state index is 0.00569. The molecule has 0 radical (unpaired) electrons. The maximum atomic E-state index is 13.5. The standard InChI is InChI=1S/C25H31F2N3O2/c1-25(2,3)16-22(31)28-17-23(32)29-12-14-30(15-13-29)24(18-4-8-20(26)9-5-18)19-6-10-21(27)11-7-19/h4-11,24H,12-17H2,1-3H3,(H,28,31). The van der Waals surface area contributed by atoms with Gasteiger partial charge in [-0.25, -0.2) is 8.78 Å². The minimum Gasteiger partial charge on any atom is -0.347 e. The SMILES string of the molecule is CC(C)(C)CC(=O)NCC(=O)N1CCN(C(c2ccc(F)cc2)c2ccc(F)cc2)CC1. The Morgan fingerprint density at radius 1 is 0.875 bits per heavy atom. The summed E-state index contributed by atoms with van der Waals surface area (Å²) in [5.74, 6) is -0.852. The number of carbonyl (C=O) groups excluding carboxylic acids is 2. The van der Waals surface area contributed by atoms with Crippen LogP contribution < -0.4 is 5.32 Å². The molecule has 0 atom stereocenters. The zero-order chi connectivity index (χ0) is 23.3. The second-order valence-electron chi connectivity index (χ2n) is 9.44. The van der Waals surface area contributed by atoms with Crippen LogP contribution in [0.2, 0.25) is 0 Å². The predicted molar refractivity (Wildman–Crippen MR) is 120 cm³/mol. The second kappa shape index (κ2) is 10.2. The number of halogens is 2. The van der Waals surface area contributed by atoms with Crippen LogP contribution in [0.5, 0.6) is 0 Å². The second-order valence-corrected chi connectivity index (χ2v) is 9.44. The summed E-state index contributed by atoms with van der Waals surface area (Å²) >= 11 is 0. The van der Waals surface area contributed by atoms with Gasteiger partial charge in [-0.2, -0.15) is 0 Å². The Balaban J connectivity index is 1.63. The molecular formula is C25H31F2N3O2. The third-order valence-electron chi connectivity index (χ3n) is 5.53. The average molecular weight is 444 g/mol. The first kappa shape index (κ1) is 23.9. The monoisotopic (exact) mass is 443 g/mol. The predicted octanol–water partition coefficient (Wildman–Crippen LogP) is 3.75. The highest BCUT2D eigenvalue weighted by Gasteiger charge is 2.28. The molecule has 0 aromatic heterocycles. The van der Waals surface area contributed by atoms with E-state index in [1.54, 1.807) is 29.2 Å². The van der Waals surface area contributed by atoms with Crippen molar-refractivity contribution in [1.82, 2.24) is 15.1 Å². The van der Waals surface area contributed by atoms with Gasteiger partial charge in [-0.1, -0.05) is 45.0 Å². The zero-order valence-corrected chi connectivity index (χ0v) is 18.9. The molecule has 172 valence electrons. The van der Waals surface area contributed by atoms with Gasteiger partial charge in [-0.3, -0.25) is 14.5 Å². The molecule has 1 heterocycles. The summed E-state index contributed by atoms with van der Waals surface area (Å²) in [5.41, 5.74) is 1.69. The molecule has 2 amide bonds. The maximum absolute atomic E-state index is 13.5. The van der Waals surface area contributed by atoms with E-state index < -0.39 is 0 Å². The molecular weight excluding hydrogens is 412 g/mol. The molecule has 0 spiro atoms. The highest BCUT2D eigenvalue weighted by atomic mass is 19.1. The molecule has 3 rings (SSSR count). The lowest BCUT2D eigenvalue weighted by atomic mass is 9.92. The number of piperazine rings is 1. The average Bonchev–Trinajstić information content (AvgIpc) is 2.74. The quantitative estimate of drug-likeness (QED) is 0.740. The van der Waals surface area contributed by atoms with Gasteiger partial charge in [0.25, 0.3) is 0 Å². The van der Waals surface area contributed by atoms with Gasteiger partial charge in [0.15, 0.2) is 0 Å². The Labute approximate surface area is 188 Å². The molecule has 2 aromatic carbocycles. The summed E-state index contributed by atoms with van der Waals surface area (Å²) in [7, 11) is 0. The molecule has 0 unspecified atom stereocenters. The topological polar surface area (TPSA) is 52.7 Å². The first-order chi connectivity index (χ1) is 15.1. The molecule has 32 heavy (non-hydrogen) atoms. The van der Waals surface area contributed by atoms with Crippen molar-refractivity contribution in [2.45, 2.75) is 33.2 Å². The van der Waals surface area contributed by atoms with Crippen molar-refractivity contribution in [1.29, 1.82) is 0 Å². The molecule has 1 N–H and O–H groups in total. The van der Waals surface area contributed by atoms with Gasteiger partial charge in [0.05, 0.1) is 12.6 Å². The molecule has 1 saturated heterocycles. The lowest BCUT2D eigenvalue weighted by Gasteiger charge is -2.39. The van der Waals surface area contributed by atoms with Crippen LogP contribution in [0.3, 0.4) is 0 Å². The highest BCUT2D eigenvalue weighted by molar-refractivity contribution is 5.85. The van der Waals surface area contributed by atoms with E-state index in [-0.39, 0.29) is 41.5 Å². The summed E-state index contributed by atoms with van der Waals surface area (Å²) in [5, 5.41) is 2.72. The van der Waals surface area contributed by atoms with Gasteiger partial charge in [-0.05, 0) is 40.8 Å². The minimum atomic E-state index is -0.310. The summed E-state index contributed by atoms with van der Waals surface area (Å²) in [4.78, 5) is 28.5. The zero-order valence-electron chi connectivity index (χ0n) is 18.9. The number of hydrogen-bond donors (Lipinski definition) is 1. The van der Waals surface area contributed by atoms with Crippen molar-refractivity contribution in [2.75, 3.05) is 32.7 Å². The van der Waals surface area contributed by atoms with Gasteiger partial charge >= 0.3 is 0 Å². The van der Waals surface area contributed by atoms with Crippen molar-refractivity contribution in [3.05, 3.63) is 71.3 Å². The van der Waals surface area contributed by atoms with E-state index in [0.29, 0.717) is 32.6 Å². The van der Waals surface area contributed by atoms with Crippen LogP contribution in [0.1, 0.15) is 44.4 Å². The van der Waals surface area contributed by atoms with Crippen LogP contribution in [0, 0.1) is 17.0 Å². The van der Waals surface area contributed by atoms with E-state index in [4.69, 9.17) is 0 Å². The Morgan fingerprint density at radius 3 is 1.78 bits per heavy atom. The van der Waals surface area contributed by atoms with E-state index >= 15 is 0 Å². The summed E-state index contributed by atoms with van der Waals surface area (Å²) < 4.78 is 26.9. The third-order valence-corrected chi connectivity index (χ3v) is 5.53. The van der Waals surface area contributed by atoms with Crippen LogP contribution >= 0.6 is 0 Å². The highest BCUT2D eigenvalue weighted by Crippen LogP contribution is 2.30. The van der Waals surface area contributed by atoms with Gasteiger partial charge in [0.2, 0.25) is 11.8 Å². The van der Waals surface area contributed by atoms with Gasteiger partial charge in [0, 0.05) is 32.6 Å². The molecule has 5 nitrogen and oxygen atoms in total. The molecule has 2 aromatic rings. The molecule has 1 aliphatic rings. The van der Waals surface area contributed by atoms with E-state index in [0.717, 1.165) is 11.1 Å². The molecule has 0 aliphatic carbocycles. The first-order valence-electron chi connectivity index (χ1n) is 10.9. The molecule has 1 fully saturated rings. The van der Waals surface area contributed by atoms with Crippen molar-refractivity contribution >= 4 is 11.8 Å². The Bertz CT molecular complexity index is 870. The fraction of sp³-hybridized carbons (Fsp3) is 0.440. The number of hydrogen-bond acceptors (Lipinski definition) is 3. The summed E-state index contributed by atoms with van der Waals surface area (Å²) in [6, 6.07) is 12.5. The van der Waals surface area contributed by atoms with Crippen LogP contribution in [0.25, 0.3) is 0 Å². The number of amides is 2. The smallest absolute Gasteiger partial charge is 0.242 e. The Morgan fingerprint density at radius 2 is 1.34 bits per heavy atom. The number of carbonyl (C=O) groups is 2. The van der Waals surface area contributed by atoms with E-state index in [2.05, 4.69) is 10.2 Å². The van der Waals surface area contributed by atoms with Crippen molar-refractivity contribution in [3.8, 4) is 0 Å². The fourth-order valence-electron chi connectivity index (χ4n) is 3.96. The summed E-state index contributed by atoms with van der Waals surface area (Å²) in [6.45, 7) is 8.20. The molecule has 1 aliphatic heterocycles. The van der Waals surface area contributed by atoms with Gasteiger partial charge in [0.1, 0.15) is 11.6 Å². The van der Waals surface area contributed by atoms with Crippen molar-refractivity contribution < 1.29 is 18.4 Å². The van der Waals surface area contributed by atoms with Crippen LogP contribution in [-0.4, -0.2) is 54.3 Å². The normalized spacial score (nSPS) is 15.1. The van der Waals surface area contributed by atoms with Gasteiger partial charge < -0.3 is 10.2 Å². The van der Waals surface area contributed by atoms with E-state index in [1.165, 1.54) is 24.3 Å². The number of rotatable bonds is 6. The fourth-order valence-corrected chi connectivity index (χ4v) is 3.96. The Hall–Kier alpha value is -2.80. The third kappa shape index (κ3) is 6.60. The molecule has 7 heteroatoms. The van der Waals surface area contributed by atoms with Crippen LogP contribution in [0.4, 0.5) is 8.78 Å². The molecule has 0 bridgehead atoms. The van der Waals surface area contributed by atoms with Crippen molar-refractivity contribution in [3.63, 3.8) is 0 Å².